The molecule has 0 radical (unpaired) electrons. The number of nitrogens with zero attached hydrogens (tertiary/aromatic N) is 1. The van der Waals surface area contributed by atoms with Crippen molar-refractivity contribution in [2.75, 3.05) is 11.9 Å². The van der Waals surface area contributed by atoms with Gasteiger partial charge in [-0.2, -0.15) is 0 Å². The number of nitrogens with one attached hydrogen (secondary N) is 1. The summed E-state index contributed by atoms with van der Waals surface area (Å²) in [5.41, 5.74) is 0.533. The molecule has 0 saturated carbocycles. The molecule has 0 bridgehead atoms. The van der Waals surface area contributed by atoms with Gasteiger partial charge in [-0.15, -0.1) is 0 Å². The van der Waals surface area contributed by atoms with E-state index in [4.69, 9.17) is 39.5 Å². The van der Waals surface area contributed by atoms with Crippen molar-refractivity contribution in [3.8, 4) is 5.75 Å². The smallest absolute Gasteiger partial charge is 0.262 e. The predicted molar refractivity (Wildman–Crippen MR) is 79.8 cm³/mol. The lowest BCUT2D eigenvalue weighted by molar-refractivity contribution is -0.118. The summed E-state index contributed by atoms with van der Waals surface area (Å²) < 4.78 is 5.30. The van der Waals surface area contributed by atoms with Gasteiger partial charge in [0.2, 0.25) is 0 Å². The van der Waals surface area contributed by atoms with E-state index in [0.29, 0.717) is 26.6 Å². The molecule has 0 spiro atoms. The van der Waals surface area contributed by atoms with Crippen LogP contribution in [0.1, 0.15) is 0 Å². The molecule has 20 heavy (non-hydrogen) atoms. The first-order valence-electron chi connectivity index (χ1n) is 5.54. The second-order valence-corrected chi connectivity index (χ2v) is 5.01. The maximum absolute atomic E-state index is 11.7. The summed E-state index contributed by atoms with van der Waals surface area (Å²) in [7, 11) is 0. The highest BCUT2D eigenvalue weighted by Crippen LogP contribution is 2.27. The van der Waals surface area contributed by atoms with Crippen LogP contribution in [0, 0.1) is 0 Å². The molecule has 0 fully saturated rings. The molecule has 1 heterocycles. The van der Waals surface area contributed by atoms with Gasteiger partial charge in [0, 0.05) is 5.02 Å². The molecule has 1 amide bonds. The minimum Gasteiger partial charge on any atom is -0.482 e. The summed E-state index contributed by atoms with van der Waals surface area (Å²) in [6.07, 6.45) is 1.45. The van der Waals surface area contributed by atoms with E-state index in [9.17, 15) is 4.79 Å². The number of benzene rings is 1. The van der Waals surface area contributed by atoms with Gasteiger partial charge in [0.1, 0.15) is 10.9 Å². The van der Waals surface area contributed by atoms with Gasteiger partial charge in [-0.3, -0.25) is 4.79 Å². The van der Waals surface area contributed by atoms with Crippen LogP contribution in [0.25, 0.3) is 0 Å². The Balaban J connectivity index is 1.90. The highest BCUT2D eigenvalue weighted by atomic mass is 35.5. The average molecular weight is 332 g/mol. The van der Waals surface area contributed by atoms with Crippen molar-refractivity contribution in [2.24, 2.45) is 0 Å². The Kier molecular flexibility index (Phi) is 5.06. The lowest BCUT2D eigenvalue weighted by Gasteiger charge is -2.08. The molecule has 1 aromatic heterocycles. The first kappa shape index (κ1) is 14.9. The number of halogens is 3. The molecule has 0 aliphatic heterocycles. The molecular formula is C13H9Cl3N2O2. The van der Waals surface area contributed by atoms with Gasteiger partial charge in [0.05, 0.1) is 16.9 Å². The molecule has 1 aromatic carbocycles. The summed E-state index contributed by atoms with van der Waals surface area (Å²) in [6, 6.07) is 7.99. The fourth-order valence-corrected chi connectivity index (χ4v) is 1.96. The zero-order valence-corrected chi connectivity index (χ0v) is 12.3. The number of hydrogen-bond acceptors (Lipinski definition) is 3. The third-order valence-electron chi connectivity index (χ3n) is 2.26. The SMILES string of the molecule is O=C(COc1ccc(Cl)cc1Cl)Nc1ccc(Cl)nc1. The van der Waals surface area contributed by atoms with Crippen molar-refractivity contribution >= 4 is 46.4 Å². The Morgan fingerprint density at radius 3 is 2.65 bits per heavy atom. The fraction of sp³-hybridized carbons (Fsp3) is 0.0769. The Morgan fingerprint density at radius 2 is 2.00 bits per heavy atom. The van der Waals surface area contributed by atoms with Crippen LogP contribution in [0.2, 0.25) is 15.2 Å². The Morgan fingerprint density at radius 1 is 1.20 bits per heavy atom. The second-order valence-electron chi connectivity index (χ2n) is 3.78. The normalized spacial score (nSPS) is 10.2. The van der Waals surface area contributed by atoms with Crippen molar-refractivity contribution in [1.82, 2.24) is 4.98 Å². The molecule has 7 heteroatoms. The standard InChI is InChI=1S/C13H9Cl3N2O2/c14-8-1-3-11(10(15)5-8)20-7-13(19)18-9-2-4-12(16)17-6-9/h1-6H,7H2,(H,18,19). The van der Waals surface area contributed by atoms with Crippen molar-refractivity contribution in [1.29, 1.82) is 0 Å². The van der Waals surface area contributed by atoms with Crippen LogP contribution in [0.15, 0.2) is 36.5 Å². The van der Waals surface area contributed by atoms with Gasteiger partial charge in [-0.1, -0.05) is 34.8 Å². The maximum atomic E-state index is 11.7. The molecule has 0 atom stereocenters. The second kappa shape index (κ2) is 6.79. The number of aromatic nitrogens is 1. The largest absolute Gasteiger partial charge is 0.482 e. The van der Waals surface area contributed by atoms with Crippen LogP contribution >= 0.6 is 34.8 Å². The number of carbonyl (C=O) groups excluding carboxylic acids is 1. The summed E-state index contributed by atoms with van der Waals surface area (Å²) in [5.74, 6) is 0.0561. The minimum atomic E-state index is -0.333. The first-order chi connectivity index (χ1) is 9.54. The highest BCUT2D eigenvalue weighted by molar-refractivity contribution is 6.35. The van der Waals surface area contributed by atoms with Crippen molar-refractivity contribution in [2.45, 2.75) is 0 Å². The number of anilines is 1. The topological polar surface area (TPSA) is 51.2 Å². The quantitative estimate of drug-likeness (QED) is 0.860. The fourth-order valence-electron chi connectivity index (χ4n) is 1.38. The zero-order chi connectivity index (χ0) is 14.5. The first-order valence-corrected chi connectivity index (χ1v) is 6.67. The van der Waals surface area contributed by atoms with Crippen molar-refractivity contribution in [3.63, 3.8) is 0 Å². The molecule has 0 aliphatic carbocycles. The van der Waals surface area contributed by atoms with Crippen molar-refractivity contribution in [3.05, 3.63) is 51.7 Å². The van der Waals surface area contributed by atoms with Crippen LogP contribution in [0.4, 0.5) is 5.69 Å². The van der Waals surface area contributed by atoms with E-state index in [1.54, 1.807) is 30.3 Å². The van der Waals surface area contributed by atoms with E-state index in [2.05, 4.69) is 10.3 Å². The van der Waals surface area contributed by atoms with Crippen LogP contribution < -0.4 is 10.1 Å². The summed E-state index contributed by atoms with van der Waals surface area (Å²) in [5, 5.41) is 3.81. The molecule has 0 unspecified atom stereocenters. The van der Waals surface area contributed by atoms with E-state index >= 15 is 0 Å². The van der Waals surface area contributed by atoms with Gasteiger partial charge < -0.3 is 10.1 Å². The maximum Gasteiger partial charge on any atom is 0.262 e. The molecule has 0 saturated heterocycles. The third-order valence-corrected chi connectivity index (χ3v) is 3.02. The monoisotopic (exact) mass is 330 g/mol. The Bertz CT molecular complexity index is 618. The van der Waals surface area contributed by atoms with Crippen LogP contribution in [0.5, 0.6) is 5.75 Å². The zero-order valence-electron chi connectivity index (χ0n) is 10.1. The van der Waals surface area contributed by atoms with Crippen molar-refractivity contribution < 1.29 is 9.53 Å². The van der Waals surface area contributed by atoms with E-state index in [1.165, 1.54) is 6.20 Å². The summed E-state index contributed by atoms with van der Waals surface area (Å²) in [6.45, 7) is -0.177. The number of pyridine rings is 1. The highest BCUT2D eigenvalue weighted by Gasteiger charge is 2.07. The molecule has 1 N–H and O–H groups in total. The van der Waals surface area contributed by atoms with E-state index < -0.39 is 0 Å². The minimum absolute atomic E-state index is 0.177. The average Bonchev–Trinajstić information content (AvgIpc) is 2.40. The van der Waals surface area contributed by atoms with Gasteiger partial charge in [-0.05, 0) is 30.3 Å². The lowest BCUT2D eigenvalue weighted by atomic mass is 10.3. The molecule has 4 nitrogen and oxygen atoms in total. The van der Waals surface area contributed by atoms with Crippen LogP contribution in [0.3, 0.4) is 0 Å². The summed E-state index contributed by atoms with van der Waals surface area (Å²) in [4.78, 5) is 15.5. The van der Waals surface area contributed by atoms with Gasteiger partial charge in [0.25, 0.3) is 5.91 Å². The number of rotatable bonds is 4. The Labute approximate surface area is 130 Å². The van der Waals surface area contributed by atoms with Crippen LogP contribution in [-0.2, 0) is 4.79 Å². The molecule has 104 valence electrons. The lowest BCUT2D eigenvalue weighted by Crippen LogP contribution is -2.20. The molecule has 2 aromatic rings. The van der Waals surface area contributed by atoms with E-state index in [-0.39, 0.29) is 12.5 Å². The van der Waals surface area contributed by atoms with Gasteiger partial charge in [0.15, 0.2) is 6.61 Å². The number of ether oxygens (including phenoxy) is 1. The predicted octanol–water partition coefficient (Wildman–Crippen LogP) is 4.06. The molecule has 0 aliphatic rings. The third kappa shape index (κ3) is 4.27. The number of amides is 1. The molecule has 2 rings (SSSR count). The summed E-state index contributed by atoms with van der Waals surface area (Å²) >= 11 is 17.3. The van der Waals surface area contributed by atoms with E-state index in [1.807, 2.05) is 0 Å². The van der Waals surface area contributed by atoms with E-state index in [0.717, 1.165) is 0 Å². The van der Waals surface area contributed by atoms with Gasteiger partial charge in [-0.25, -0.2) is 4.98 Å². The molecular weight excluding hydrogens is 323 g/mol. The number of carbonyl (C=O) groups is 1. The number of hydrogen-bond donors (Lipinski definition) is 1. The Hall–Kier alpha value is -1.49. The van der Waals surface area contributed by atoms with Crippen LogP contribution in [-0.4, -0.2) is 17.5 Å². The van der Waals surface area contributed by atoms with Gasteiger partial charge >= 0.3 is 0 Å².